The summed E-state index contributed by atoms with van der Waals surface area (Å²) in [5.74, 6) is -0.117. The number of nitrogens with one attached hydrogen (secondary N) is 1. The normalized spacial score (nSPS) is 12.5. The van der Waals surface area contributed by atoms with Crippen LogP contribution in [-0.4, -0.2) is 25.4 Å². The van der Waals surface area contributed by atoms with Gasteiger partial charge in [-0.15, -0.1) is 0 Å². The fourth-order valence-corrected chi connectivity index (χ4v) is 2.55. The van der Waals surface area contributed by atoms with Crippen molar-refractivity contribution in [2.45, 2.75) is 13.0 Å². The average Bonchev–Trinajstić information content (AvgIpc) is 3.01. The smallest absolute Gasteiger partial charge is 0.251 e. The van der Waals surface area contributed by atoms with Gasteiger partial charge in [0.15, 0.2) is 5.75 Å². The number of rotatable bonds is 3. The van der Waals surface area contributed by atoms with Crippen molar-refractivity contribution in [3.05, 3.63) is 47.9 Å². The zero-order chi connectivity index (χ0) is 15.9. The fourth-order valence-electron chi connectivity index (χ4n) is 2.55. The number of hydrogen-bond acceptors (Lipinski definition) is 3. The van der Waals surface area contributed by atoms with E-state index in [9.17, 15) is 9.90 Å². The second kappa shape index (κ2) is 5.22. The number of aromatic hydroxyl groups is 1. The van der Waals surface area contributed by atoms with Gasteiger partial charge in [-0.25, -0.2) is 0 Å². The monoisotopic (exact) mass is 298 g/mol. The van der Waals surface area contributed by atoms with E-state index >= 15 is 0 Å². The molecule has 6 nitrogen and oxygen atoms in total. The first-order valence-electron chi connectivity index (χ1n) is 7.04. The van der Waals surface area contributed by atoms with Crippen LogP contribution in [0.4, 0.5) is 0 Å². The number of nitrogens with zero attached hydrogens (tertiary/aromatic N) is 3. The van der Waals surface area contributed by atoms with E-state index in [1.807, 2.05) is 36.0 Å². The molecule has 1 amide bonds. The Balaban J connectivity index is 1.83. The van der Waals surface area contributed by atoms with Gasteiger partial charge in [-0.2, -0.15) is 5.10 Å². The van der Waals surface area contributed by atoms with Crippen LogP contribution in [0.1, 0.15) is 29.0 Å². The molecule has 0 bridgehead atoms. The summed E-state index contributed by atoms with van der Waals surface area (Å²) in [6.45, 7) is 1.79. The van der Waals surface area contributed by atoms with E-state index < -0.39 is 0 Å². The zero-order valence-electron chi connectivity index (χ0n) is 12.7. The van der Waals surface area contributed by atoms with Crippen molar-refractivity contribution in [1.82, 2.24) is 19.7 Å². The van der Waals surface area contributed by atoms with E-state index in [1.165, 1.54) is 10.9 Å². The van der Waals surface area contributed by atoms with E-state index in [-0.39, 0.29) is 17.7 Å². The van der Waals surface area contributed by atoms with Gasteiger partial charge in [0, 0.05) is 31.4 Å². The molecule has 0 aliphatic rings. The lowest BCUT2D eigenvalue weighted by atomic mass is 10.1. The summed E-state index contributed by atoms with van der Waals surface area (Å²) in [4.78, 5) is 12.4. The van der Waals surface area contributed by atoms with E-state index in [2.05, 4.69) is 10.4 Å². The molecule has 2 N–H and O–H groups in total. The van der Waals surface area contributed by atoms with Crippen LogP contribution >= 0.6 is 0 Å². The molecule has 6 heteroatoms. The molecule has 22 heavy (non-hydrogen) atoms. The molecule has 1 aromatic carbocycles. The van der Waals surface area contributed by atoms with Crippen LogP contribution in [0.15, 0.2) is 36.7 Å². The van der Waals surface area contributed by atoms with Gasteiger partial charge in [0.25, 0.3) is 5.91 Å². The van der Waals surface area contributed by atoms with Gasteiger partial charge in [0.2, 0.25) is 0 Å². The summed E-state index contributed by atoms with van der Waals surface area (Å²) < 4.78 is 3.49. The van der Waals surface area contributed by atoms with E-state index in [0.29, 0.717) is 11.3 Å². The Morgan fingerprint density at radius 2 is 2.09 bits per heavy atom. The third kappa shape index (κ3) is 2.43. The van der Waals surface area contributed by atoms with Crippen molar-refractivity contribution in [3.8, 4) is 5.75 Å². The van der Waals surface area contributed by atoms with E-state index in [4.69, 9.17) is 0 Å². The Labute approximate surface area is 128 Å². The zero-order valence-corrected chi connectivity index (χ0v) is 12.7. The number of benzene rings is 1. The van der Waals surface area contributed by atoms with Crippen molar-refractivity contribution < 1.29 is 9.90 Å². The van der Waals surface area contributed by atoms with E-state index in [1.54, 1.807) is 20.0 Å². The van der Waals surface area contributed by atoms with Crippen LogP contribution < -0.4 is 5.32 Å². The number of fused-ring (bicyclic) bond motifs is 1. The first-order chi connectivity index (χ1) is 10.5. The lowest BCUT2D eigenvalue weighted by molar-refractivity contribution is 0.0939. The molecule has 0 aliphatic heterocycles. The molecule has 0 aliphatic carbocycles. The van der Waals surface area contributed by atoms with Crippen molar-refractivity contribution in [2.75, 3.05) is 0 Å². The molecular weight excluding hydrogens is 280 g/mol. The van der Waals surface area contributed by atoms with E-state index in [0.717, 1.165) is 10.9 Å². The number of hydrogen-bond donors (Lipinski definition) is 2. The van der Waals surface area contributed by atoms with Gasteiger partial charge < -0.3 is 15.0 Å². The van der Waals surface area contributed by atoms with Crippen molar-refractivity contribution in [1.29, 1.82) is 0 Å². The second-order valence-corrected chi connectivity index (χ2v) is 5.47. The standard InChI is InChI=1S/C16H18N4O2/c1-10(15-14(21)9-20(3)18-15)17-16(22)12-5-4-11-6-7-19(2)13(11)8-12/h4-10,21H,1-3H3,(H,17,22). The molecule has 0 radical (unpaired) electrons. The van der Waals surface area contributed by atoms with Gasteiger partial charge >= 0.3 is 0 Å². The summed E-state index contributed by atoms with van der Waals surface area (Å²) in [5.41, 5.74) is 2.04. The van der Waals surface area contributed by atoms with Crippen LogP contribution in [0.25, 0.3) is 10.9 Å². The Morgan fingerprint density at radius 3 is 2.77 bits per heavy atom. The molecule has 3 aromatic rings. The van der Waals surface area contributed by atoms with Gasteiger partial charge in [0.1, 0.15) is 5.69 Å². The minimum absolute atomic E-state index is 0.0770. The molecule has 0 saturated carbocycles. The first kappa shape index (κ1) is 14.2. The highest BCUT2D eigenvalue weighted by Crippen LogP contribution is 2.22. The van der Waals surface area contributed by atoms with Crippen molar-refractivity contribution >= 4 is 16.8 Å². The summed E-state index contributed by atoms with van der Waals surface area (Å²) in [6, 6.07) is 7.20. The summed E-state index contributed by atoms with van der Waals surface area (Å²) in [6.07, 6.45) is 3.47. The van der Waals surface area contributed by atoms with Crippen LogP contribution in [-0.2, 0) is 14.1 Å². The molecule has 3 rings (SSSR count). The highest BCUT2D eigenvalue weighted by atomic mass is 16.3. The van der Waals surface area contributed by atoms with Crippen LogP contribution in [0, 0.1) is 0 Å². The minimum Gasteiger partial charge on any atom is -0.504 e. The lowest BCUT2D eigenvalue weighted by Crippen LogP contribution is -2.27. The number of aromatic nitrogens is 3. The topological polar surface area (TPSA) is 72.1 Å². The van der Waals surface area contributed by atoms with Crippen LogP contribution in [0.2, 0.25) is 0 Å². The van der Waals surface area contributed by atoms with Gasteiger partial charge in [-0.1, -0.05) is 6.07 Å². The minimum atomic E-state index is -0.377. The Kier molecular flexibility index (Phi) is 3.36. The number of carbonyl (C=O) groups excluding carboxylic acids is 1. The number of carbonyl (C=O) groups is 1. The van der Waals surface area contributed by atoms with Crippen molar-refractivity contribution in [3.63, 3.8) is 0 Å². The SMILES string of the molecule is CC(NC(=O)c1ccc2ccn(C)c2c1)c1nn(C)cc1O. The largest absolute Gasteiger partial charge is 0.504 e. The van der Waals surface area contributed by atoms with Crippen LogP contribution in [0.3, 0.4) is 0 Å². The molecule has 0 saturated heterocycles. The third-order valence-electron chi connectivity index (χ3n) is 3.75. The quantitative estimate of drug-likeness (QED) is 0.778. The van der Waals surface area contributed by atoms with Gasteiger partial charge in [-0.3, -0.25) is 9.48 Å². The maximum absolute atomic E-state index is 12.4. The highest BCUT2D eigenvalue weighted by Gasteiger charge is 2.18. The molecule has 2 heterocycles. The van der Waals surface area contributed by atoms with Gasteiger partial charge in [0.05, 0.1) is 12.2 Å². The average molecular weight is 298 g/mol. The summed E-state index contributed by atoms with van der Waals surface area (Å²) in [5, 5.41) is 17.9. The predicted octanol–water partition coefficient (Wildman–Crippen LogP) is 2.11. The number of amides is 1. The summed E-state index contributed by atoms with van der Waals surface area (Å²) in [7, 11) is 3.67. The highest BCUT2D eigenvalue weighted by molar-refractivity contribution is 5.98. The molecule has 0 spiro atoms. The molecule has 0 fully saturated rings. The third-order valence-corrected chi connectivity index (χ3v) is 3.75. The molecule has 1 atom stereocenters. The second-order valence-electron chi connectivity index (χ2n) is 5.47. The molecule has 2 aromatic heterocycles. The maximum atomic E-state index is 12.4. The Bertz CT molecular complexity index is 847. The summed E-state index contributed by atoms with van der Waals surface area (Å²) >= 11 is 0. The molecular formula is C16H18N4O2. The molecule has 1 unspecified atom stereocenters. The molecule has 114 valence electrons. The maximum Gasteiger partial charge on any atom is 0.251 e. The Morgan fingerprint density at radius 1 is 1.32 bits per heavy atom. The number of aryl methyl sites for hydroxylation is 2. The predicted molar refractivity (Wildman–Crippen MR) is 83.7 cm³/mol. The fraction of sp³-hybridized carbons (Fsp3) is 0.250. The Hall–Kier alpha value is -2.76. The van der Waals surface area contributed by atoms with Crippen LogP contribution in [0.5, 0.6) is 5.75 Å². The van der Waals surface area contributed by atoms with Crippen molar-refractivity contribution in [2.24, 2.45) is 14.1 Å². The lowest BCUT2D eigenvalue weighted by Gasteiger charge is -2.12. The van der Waals surface area contributed by atoms with Gasteiger partial charge in [-0.05, 0) is 30.5 Å². The first-order valence-corrected chi connectivity index (χ1v) is 7.04.